The van der Waals surface area contributed by atoms with Crippen molar-refractivity contribution in [2.75, 3.05) is 6.54 Å². The highest BCUT2D eigenvalue weighted by molar-refractivity contribution is 5.74. The predicted molar refractivity (Wildman–Crippen MR) is 82.2 cm³/mol. The van der Waals surface area contributed by atoms with Crippen molar-refractivity contribution in [1.29, 1.82) is 0 Å². The second-order valence-corrected chi connectivity index (χ2v) is 5.25. The monoisotopic (exact) mass is 303 g/mol. The molecule has 0 fully saturated rings. The van der Waals surface area contributed by atoms with Gasteiger partial charge in [-0.15, -0.1) is 0 Å². The molecule has 2 unspecified atom stereocenters. The number of rotatable bonds is 6. The van der Waals surface area contributed by atoms with Crippen molar-refractivity contribution in [1.82, 2.24) is 25.4 Å². The predicted octanol–water partition coefficient (Wildman–Crippen LogP) is 1.01. The Morgan fingerprint density at radius 1 is 1.41 bits per heavy atom. The summed E-state index contributed by atoms with van der Waals surface area (Å²) >= 11 is 0. The van der Waals surface area contributed by atoms with Crippen LogP contribution in [0.1, 0.15) is 24.2 Å². The van der Waals surface area contributed by atoms with Gasteiger partial charge in [0.25, 0.3) is 0 Å². The first-order valence-electron chi connectivity index (χ1n) is 7.16. The molecule has 1 aromatic heterocycles. The Morgan fingerprint density at radius 3 is 2.86 bits per heavy atom. The number of aliphatic hydroxyl groups excluding tert-OH is 1. The molecule has 0 radical (unpaired) electrons. The van der Waals surface area contributed by atoms with Gasteiger partial charge in [0, 0.05) is 12.6 Å². The molecule has 0 saturated carbocycles. The number of hydrogen-bond donors (Lipinski definition) is 3. The Balaban J connectivity index is 1.76. The number of aryl methyl sites for hydroxylation is 1. The Bertz CT molecular complexity index is 600. The maximum atomic E-state index is 11.8. The van der Waals surface area contributed by atoms with E-state index in [0.717, 1.165) is 11.1 Å². The molecule has 7 heteroatoms. The second-order valence-electron chi connectivity index (χ2n) is 5.25. The summed E-state index contributed by atoms with van der Waals surface area (Å²) in [6.45, 7) is 4.50. The quantitative estimate of drug-likeness (QED) is 0.742. The summed E-state index contributed by atoms with van der Waals surface area (Å²) in [4.78, 5) is 15.7. The molecule has 3 N–H and O–H groups in total. The van der Waals surface area contributed by atoms with Gasteiger partial charge in [-0.05, 0) is 25.0 Å². The fourth-order valence-electron chi connectivity index (χ4n) is 2.19. The first kappa shape index (κ1) is 16.0. The minimum Gasteiger partial charge on any atom is -0.387 e. The molecule has 1 aromatic carbocycles. The minimum absolute atomic E-state index is 0.0997. The van der Waals surface area contributed by atoms with E-state index in [9.17, 15) is 9.90 Å². The third-order valence-corrected chi connectivity index (χ3v) is 3.31. The van der Waals surface area contributed by atoms with Gasteiger partial charge >= 0.3 is 6.03 Å². The second kappa shape index (κ2) is 7.56. The normalized spacial score (nSPS) is 13.4. The van der Waals surface area contributed by atoms with Crippen molar-refractivity contribution in [3.8, 4) is 0 Å². The van der Waals surface area contributed by atoms with Gasteiger partial charge in [-0.2, -0.15) is 5.10 Å². The van der Waals surface area contributed by atoms with Crippen molar-refractivity contribution in [2.45, 2.75) is 32.5 Å². The van der Waals surface area contributed by atoms with Crippen LogP contribution in [-0.4, -0.2) is 38.5 Å². The first-order valence-corrected chi connectivity index (χ1v) is 7.16. The summed E-state index contributed by atoms with van der Waals surface area (Å²) < 4.78 is 1.65. The molecule has 1 heterocycles. The molecule has 0 aliphatic heterocycles. The Morgan fingerprint density at radius 2 is 2.18 bits per heavy atom. The van der Waals surface area contributed by atoms with E-state index in [4.69, 9.17) is 0 Å². The van der Waals surface area contributed by atoms with Gasteiger partial charge in [0.15, 0.2) is 0 Å². The number of nitrogens with zero attached hydrogens (tertiary/aromatic N) is 3. The largest absolute Gasteiger partial charge is 0.387 e. The number of nitrogens with one attached hydrogen (secondary N) is 2. The third kappa shape index (κ3) is 4.56. The van der Waals surface area contributed by atoms with E-state index in [1.54, 1.807) is 11.0 Å². The topological polar surface area (TPSA) is 92.1 Å². The van der Waals surface area contributed by atoms with Crippen LogP contribution in [0.4, 0.5) is 4.79 Å². The van der Waals surface area contributed by atoms with Crippen LogP contribution >= 0.6 is 0 Å². The molecule has 2 atom stereocenters. The minimum atomic E-state index is -0.724. The molecular formula is C15H21N5O2. The zero-order valence-electron chi connectivity index (χ0n) is 12.7. The first-order chi connectivity index (χ1) is 10.6. The van der Waals surface area contributed by atoms with Crippen LogP contribution in [0.25, 0.3) is 0 Å². The summed E-state index contributed by atoms with van der Waals surface area (Å²) in [6, 6.07) is 7.15. The highest BCUT2D eigenvalue weighted by atomic mass is 16.3. The van der Waals surface area contributed by atoms with Crippen LogP contribution in [-0.2, 0) is 6.54 Å². The summed E-state index contributed by atoms with van der Waals surface area (Å²) in [5, 5.41) is 19.6. The van der Waals surface area contributed by atoms with E-state index in [0.29, 0.717) is 6.54 Å². The molecule has 0 spiro atoms. The SMILES string of the molecule is Cc1ccccc1C(O)CNC(=O)NC(C)Cn1cncn1. The molecule has 118 valence electrons. The lowest BCUT2D eigenvalue weighted by molar-refractivity contribution is 0.171. The lowest BCUT2D eigenvalue weighted by atomic mass is 10.0. The van der Waals surface area contributed by atoms with Gasteiger partial charge in [0.05, 0.1) is 12.6 Å². The molecule has 22 heavy (non-hydrogen) atoms. The van der Waals surface area contributed by atoms with Gasteiger partial charge in [-0.3, -0.25) is 4.68 Å². The van der Waals surface area contributed by atoms with Crippen LogP contribution in [0.2, 0.25) is 0 Å². The fourth-order valence-corrected chi connectivity index (χ4v) is 2.19. The standard InChI is InChI=1S/C15H21N5O2/c1-11-5-3-4-6-13(11)14(21)7-17-15(22)19-12(2)8-20-10-16-9-18-20/h3-6,9-10,12,14,21H,7-8H2,1-2H3,(H2,17,19,22). The molecule has 0 saturated heterocycles. The van der Waals surface area contributed by atoms with E-state index in [2.05, 4.69) is 20.7 Å². The highest BCUT2D eigenvalue weighted by Gasteiger charge is 2.13. The highest BCUT2D eigenvalue weighted by Crippen LogP contribution is 2.16. The fraction of sp³-hybridized carbons (Fsp3) is 0.400. The summed E-state index contributed by atoms with van der Waals surface area (Å²) in [7, 11) is 0. The Labute approximate surface area is 129 Å². The number of urea groups is 1. The van der Waals surface area contributed by atoms with Crippen LogP contribution in [0, 0.1) is 6.92 Å². The van der Waals surface area contributed by atoms with Crippen LogP contribution < -0.4 is 10.6 Å². The molecule has 2 amide bonds. The Kier molecular flexibility index (Phi) is 5.48. The number of benzene rings is 1. The number of carbonyl (C=O) groups is 1. The smallest absolute Gasteiger partial charge is 0.315 e. The Hall–Kier alpha value is -2.41. The van der Waals surface area contributed by atoms with Crippen molar-refractivity contribution >= 4 is 6.03 Å². The number of hydrogen-bond acceptors (Lipinski definition) is 4. The van der Waals surface area contributed by atoms with Crippen LogP contribution in [0.5, 0.6) is 0 Å². The van der Waals surface area contributed by atoms with Crippen molar-refractivity contribution < 1.29 is 9.90 Å². The van der Waals surface area contributed by atoms with E-state index in [-0.39, 0.29) is 18.6 Å². The maximum Gasteiger partial charge on any atom is 0.315 e. The van der Waals surface area contributed by atoms with Crippen molar-refractivity contribution in [3.05, 3.63) is 48.0 Å². The van der Waals surface area contributed by atoms with Gasteiger partial charge in [0.2, 0.25) is 0 Å². The average Bonchev–Trinajstić information content (AvgIpc) is 2.98. The van der Waals surface area contributed by atoms with Gasteiger partial charge in [0.1, 0.15) is 12.7 Å². The zero-order valence-corrected chi connectivity index (χ0v) is 12.7. The third-order valence-electron chi connectivity index (χ3n) is 3.31. The molecule has 2 rings (SSSR count). The van der Waals surface area contributed by atoms with Crippen LogP contribution in [0.3, 0.4) is 0 Å². The maximum absolute atomic E-state index is 11.8. The number of aromatic nitrogens is 3. The van der Waals surface area contributed by atoms with E-state index in [1.165, 1.54) is 6.33 Å². The summed E-state index contributed by atoms with van der Waals surface area (Å²) in [5.74, 6) is 0. The lowest BCUT2D eigenvalue weighted by Gasteiger charge is -2.17. The summed E-state index contributed by atoms with van der Waals surface area (Å²) in [6.07, 6.45) is 2.32. The average molecular weight is 303 g/mol. The van der Waals surface area contributed by atoms with Gasteiger partial charge < -0.3 is 15.7 Å². The van der Waals surface area contributed by atoms with Crippen LogP contribution in [0.15, 0.2) is 36.9 Å². The van der Waals surface area contributed by atoms with E-state index >= 15 is 0 Å². The van der Waals surface area contributed by atoms with Gasteiger partial charge in [-0.25, -0.2) is 9.78 Å². The number of aliphatic hydroxyl groups is 1. The molecule has 0 bridgehead atoms. The van der Waals surface area contributed by atoms with E-state index < -0.39 is 6.10 Å². The molecule has 0 aliphatic carbocycles. The zero-order chi connectivity index (χ0) is 15.9. The van der Waals surface area contributed by atoms with Gasteiger partial charge in [-0.1, -0.05) is 24.3 Å². The lowest BCUT2D eigenvalue weighted by Crippen LogP contribution is -2.43. The molecule has 0 aliphatic rings. The molecule has 2 aromatic rings. The van der Waals surface area contributed by atoms with Crippen molar-refractivity contribution in [2.24, 2.45) is 0 Å². The number of carbonyl (C=O) groups excluding carboxylic acids is 1. The molecule has 7 nitrogen and oxygen atoms in total. The number of amides is 2. The van der Waals surface area contributed by atoms with Crippen molar-refractivity contribution in [3.63, 3.8) is 0 Å². The van der Waals surface area contributed by atoms with E-state index in [1.807, 2.05) is 38.1 Å². The summed E-state index contributed by atoms with van der Waals surface area (Å²) in [5.41, 5.74) is 1.82. The molecular weight excluding hydrogens is 282 g/mol.